The maximum absolute atomic E-state index is 5.71. The van der Waals surface area contributed by atoms with Gasteiger partial charge in [-0.2, -0.15) is 0 Å². The van der Waals surface area contributed by atoms with Crippen LogP contribution in [0.15, 0.2) is 29.3 Å². The summed E-state index contributed by atoms with van der Waals surface area (Å²) in [5.74, 6) is 7.68. The molecule has 0 spiro atoms. The van der Waals surface area contributed by atoms with Crippen LogP contribution < -0.4 is 16.0 Å². The second-order valence-electron chi connectivity index (χ2n) is 5.35. The first-order valence-corrected chi connectivity index (χ1v) is 7.14. The van der Waals surface area contributed by atoms with Crippen LogP contribution in [0.4, 0.5) is 0 Å². The van der Waals surface area contributed by atoms with E-state index in [1.807, 2.05) is 18.2 Å². The molecule has 1 aliphatic carbocycles. The number of nitrogens with two attached hydrogens (primary N) is 1. The first-order valence-electron chi connectivity index (χ1n) is 7.14. The lowest BCUT2D eigenvalue weighted by atomic mass is 9.95. The van der Waals surface area contributed by atoms with Crippen molar-refractivity contribution in [3.63, 3.8) is 0 Å². The van der Waals surface area contributed by atoms with Crippen LogP contribution in [0.25, 0.3) is 0 Å². The Hall–Kier alpha value is -1.55. The van der Waals surface area contributed by atoms with Crippen LogP contribution >= 0.6 is 0 Å². The van der Waals surface area contributed by atoms with Crippen molar-refractivity contribution < 1.29 is 4.74 Å². The number of hydrazine groups is 1. The second-order valence-corrected chi connectivity index (χ2v) is 5.35. The van der Waals surface area contributed by atoms with Gasteiger partial charge < -0.3 is 10.2 Å². The molecule has 0 bridgehead atoms. The topological polar surface area (TPSA) is 59.6 Å². The van der Waals surface area contributed by atoms with Crippen molar-refractivity contribution in [2.24, 2.45) is 10.8 Å². The normalized spacial score (nSPS) is 23.8. The summed E-state index contributed by atoms with van der Waals surface area (Å²) >= 11 is 0. The van der Waals surface area contributed by atoms with Crippen LogP contribution in [0.5, 0.6) is 5.75 Å². The van der Waals surface area contributed by atoms with Crippen molar-refractivity contribution in [2.45, 2.75) is 44.1 Å². The van der Waals surface area contributed by atoms with Gasteiger partial charge >= 0.3 is 0 Å². The first-order chi connectivity index (χ1) is 9.38. The van der Waals surface area contributed by atoms with E-state index < -0.39 is 0 Å². The fraction of sp³-hybridized carbons (Fsp3) is 0.533. The van der Waals surface area contributed by atoms with E-state index in [2.05, 4.69) is 11.5 Å². The lowest BCUT2D eigenvalue weighted by molar-refractivity contribution is 0.347. The third-order valence-corrected chi connectivity index (χ3v) is 4.07. The van der Waals surface area contributed by atoms with Crippen molar-refractivity contribution in [3.8, 4) is 5.75 Å². The molecule has 1 aliphatic heterocycles. The predicted molar refractivity (Wildman–Crippen MR) is 76.3 cm³/mol. The SMILES string of the molecule is NNC(=NC1CCCCC1)C1COc2ccccc21. The van der Waals surface area contributed by atoms with Crippen molar-refractivity contribution in [1.29, 1.82) is 0 Å². The number of fused-ring (bicyclic) bond motifs is 1. The molecule has 0 amide bonds. The number of ether oxygens (including phenoxy) is 1. The summed E-state index contributed by atoms with van der Waals surface area (Å²) in [4.78, 5) is 4.84. The Kier molecular flexibility index (Phi) is 3.69. The standard InChI is InChI=1S/C15H21N3O/c16-18-15(17-11-6-2-1-3-7-11)13-10-19-14-9-5-4-8-12(13)14/h4-5,8-9,11,13H,1-3,6-7,10,16H2,(H,17,18). The summed E-state index contributed by atoms with van der Waals surface area (Å²) in [7, 11) is 0. The van der Waals surface area contributed by atoms with E-state index in [9.17, 15) is 0 Å². The van der Waals surface area contributed by atoms with Gasteiger partial charge in [0.1, 0.15) is 18.2 Å². The molecule has 1 atom stereocenters. The lowest BCUT2D eigenvalue weighted by Crippen LogP contribution is -2.37. The molecule has 0 aromatic heterocycles. The van der Waals surface area contributed by atoms with Gasteiger partial charge in [-0.3, -0.25) is 4.99 Å². The number of benzene rings is 1. The van der Waals surface area contributed by atoms with Crippen molar-refractivity contribution in [1.82, 2.24) is 5.43 Å². The van der Waals surface area contributed by atoms with Gasteiger partial charge in [0, 0.05) is 5.56 Å². The molecule has 1 fully saturated rings. The minimum atomic E-state index is 0.156. The van der Waals surface area contributed by atoms with Crippen LogP contribution in [-0.4, -0.2) is 18.5 Å². The van der Waals surface area contributed by atoms with E-state index in [0.717, 1.165) is 11.6 Å². The molecule has 102 valence electrons. The van der Waals surface area contributed by atoms with Gasteiger partial charge in [-0.15, -0.1) is 0 Å². The molecule has 1 saturated carbocycles. The van der Waals surface area contributed by atoms with Crippen molar-refractivity contribution in [2.75, 3.05) is 6.61 Å². The van der Waals surface area contributed by atoms with E-state index in [4.69, 9.17) is 15.6 Å². The maximum Gasteiger partial charge on any atom is 0.123 e. The summed E-state index contributed by atoms with van der Waals surface area (Å²) in [5.41, 5.74) is 3.99. The van der Waals surface area contributed by atoms with Crippen LogP contribution in [-0.2, 0) is 0 Å². The van der Waals surface area contributed by atoms with Gasteiger partial charge in [0.15, 0.2) is 0 Å². The van der Waals surface area contributed by atoms with Crippen LogP contribution in [0.1, 0.15) is 43.6 Å². The Morgan fingerprint density at radius 2 is 2.00 bits per heavy atom. The minimum Gasteiger partial charge on any atom is -0.492 e. The highest BCUT2D eigenvalue weighted by Gasteiger charge is 2.28. The number of amidine groups is 1. The van der Waals surface area contributed by atoms with Crippen molar-refractivity contribution in [3.05, 3.63) is 29.8 Å². The molecule has 2 aliphatic rings. The Bertz CT molecular complexity index is 466. The highest BCUT2D eigenvalue weighted by atomic mass is 16.5. The quantitative estimate of drug-likeness (QED) is 0.371. The average Bonchev–Trinajstić information content (AvgIpc) is 2.90. The molecule has 4 nitrogen and oxygen atoms in total. The molecule has 0 radical (unpaired) electrons. The zero-order valence-corrected chi connectivity index (χ0v) is 11.1. The molecule has 1 aromatic carbocycles. The monoisotopic (exact) mass is 259 g/mol. The molecular formula is C15H21N3O. The molecule has 19 heavy (non-hydrogen) atoms. The third kappa shape index (κ3) is 2.59. The third-order valence-electron chi connectivity index (χ3n) is 4.07. The summed E-state index contributed by atoms with van der Waals surface area (Å²) in [6.45, 7) is 0.634. The van der Waals surface area contributed by atoms with Crippen LogP contribution in [0.2, 0.25) is 0 Å². The van der Waals surface area contributed by atoms with Gasteiger partial charge in [0.05, 0.1) is 12.0 Å². The second kappa shape index (κ2) is 5.61. The zero-order valence-electron chi connectivity index (χ0n) is 11.1. The Morgan fingerprint density at radius 3 is 2.79 bits per heavy atom. The summed E-state index contributed by atoms with van der Waals surface area (Å²) in [6, 6.07) is 8.56. The lowest BCUT2D eigenvalue weighted by Gasteiger charge is -2.21. The number of para-hydroxylation sites is 1. The predicted octanol–water partition coefficient (Wildman–Crippen LogP) is 2.36. The van der Waals surface area contributed by atoms with Gasteiger partial charge in [0.25, 0.3) is 0 Å². The fourth-order valence-electron chi connectivity index (χ4n) is 3.02. The molecule has 3 N–H and O–H groups in total. The molecule has 1 unspecified atom stereocenters. The van der Waals surface area contributed by atoms with E-state index in [1.54, 1.807) is 0 Å². The number of hydrogen-bond donors (Lipinski definition) is 2. The largest absolute Gasteiger partial charge is 0.492 e. The van der Waals surface area contributed by atoms with E-state index in [-0.39, 0.29) is 5.92 Å². The molecule has 1 aromatic rings. The van der Waals surface area contributed by atoms with Gasteiger partial charge in [-0.05, 0) is 18.9 Å². The smallest absolute Gasteiger partial charge is 0.123 e. The number of rotatable bonds is 2. The van der Waals surface area contributed by atoms with Gasteiger partial charge in [-0.25, -0.2) is 5.84 Å². The minimum absolute atomic E-state index is 0.156. The van der Waals surface area contributed by atoms with Gasteiger partial charge in [0.2, 0.25) is 0 Å². The van der Waals surface area contributed by atoms with E-state index >= 15 is 0 Å². The number of hydrogen-bond acceptors (Lipinski definition) is 3. The average molecular weight is 259 g/mol. The maximum atomic E-state index is 5.71. The van der Waals surface area contributed by atoms with Gasteiger partial charge in [-0.1, -0.05) is 37.5 Å². The van der Waals surface area contributed by atoms with E-state index in [1.165, 1.54) is 37.7 Å². The molecule has 0 saturated heterocycles. The number of nitrogens with one attached hydrogen (secondary N) is 1. The first kappa shape index (κ1) is 12.5. The Balaban J connectivity index is 1.81. The molecule has 4 heteroatoms. The summed E-state index contributed by atoms with van der Waals surface area (Å²) in [6.07, 6.45) is 6.27. The molecular weight excluding hydrogens is 238 g/mol. The molecule has 3 rings (SSSR count). The Labute approximate surface area is 114 Å². The molecule has 1 heterocycles. The summed E-state index contributed by atoms with van der Waals surface area (Å²) < 4.78 is 5.71. The zero-order chi connectivity index (χ0) is 13.1. The number of nitrogens with zero attached hydrogens (tertiary/aromatic N) is 1. The Morgan fingerprint density at radius 1 is 1.21 bits per heavy atom. The highest BCUT2D eigenvalue weighted by Crippen LogP contribution is 2.34. The summed E-state index contributed by atoms with van der Waals surface area (Å²) in [5, 5.41) is 0. The number of aliphatic imine (C=N–C) groups is 1. The van der Waals surface area contributed by atoms with Crippen LogP contribution in [0, 0.1) is 0 Å². The van der Waals surface area contributed by atoms with Crippen LogP contribution in [0.3, 0.4) is 0 Å². The highest BCUT2D eigenvalue weighted by molar-refractivity contribution is 5.90. The van der Waals surface area contributed by atoms with Crippen molar-refractivity contribution >= 4 is 5.84 Å². The van der Waals surface area contributed by atoms with E-state index in [0.29, 0.717) is 12.6 Å². The fourth-order valence-corrected chi connectivity index (χ4v) is 3.02.